The Bertz CT molecular complexity index is 1100. The summed E-state index contributed by atoms with van der Waals surface area (Å²) in [5.41, 5.74) is 1.05. The summed E-state index contributed by atoms with van der Waals surface area (Å²) < 4.78 is 5.96. The van der Waals surface area contributed by atoms with Crippen molar-refractivity contribution < 1.29 is 9.53 Å². The molecule has 3 aromatic carbocycles. The third-order valence-corrected chi connectivity index (χ3v) is 8.19. The van der Waals surface area contributed by atoms with E-state index in [1.165, 1.54) is 17.2 Å². The zero-order valence-electron chi connectivity index (χ0n) is 17.3. The van der Waals surface area contributed by atoms with Gasteiger partial charge in [-0.1, -0.05) is 38.1 Å². The van der Waals surface area contributed by atoms with Gasteiger partial charge in [0.25, 0.3) is 0 Å². The molecular weight excluding hydrogens is 376 g/mol. The fraction of sp³-hybridized carbons (Fsp3) is 0.423. The Morgan fingerprint density at radius 3 is 2.59 bits per heavy atom. The summed E-state index contributed by atoms with van der Waals surface area (Å²) in [6, 6.07) is 16.9. The molecule has 2 aliphatic rings. The molecular formula is C26H28O2S. The third kappa shape index (κ3) is 3.15. The lowest BCUT2D eigenvalue weighted by Crippen LogP contribution is -2.31. The number of benzene rings is 3. The van der Waals surface area contributed by atoms with Crippen LogP contribution in [0.25, 0.3) is 21.5 Å². The maximum Gasteiger partial charge on any atom is 0.309 e. The lowest BCUT2D eigenvalue weighted by Gasteiger charge is -2.31. The van der Waals surface area contributed by atoms with Crippen LogP contribution in [0.1, 0.15) is 45.3 Å². The highest BCUT2D eigenvalue weighted by molar-refractivity contribution is 7.80. The van der Waals surface area contributed by atoms with E-state index in [0.717, 1.165) is 33.6 Å². The van der Waals surface area contributed by atoms with Crippen LogP contribution in [0.2, 0.25) is 0 Å². The fourth-order valence-electron chi connectivity index (χ4n) is 5.82. The molecule has 0 heterocycles. The molecule has 3 aromatic rings. The van der Waals surface area contributed by atoms with Crippen molar-refractivity contribution in [2.75, 3.05) is 0 Å². The molecule has 6 unspecified atom stereocenters. The maximum atomic E-state index is 12.9. The molecule has 0 saturated heterocycles. The average Bonchev–Trinajstić information content (AvgIpc) is 3.27. The number of hydrogen-bond donors (Lipinski definition) is 1. The standard InChI is InChI=1S/C26H28O2S/c1-14-15(2)22-11-20(14)12-24(22)26(27)28-16(3)17-7-8-18-10-19-5-4-6-25(29)23(19)13-21(18)9-17/h4-10,13-16,20,22,24,29H,11-12H2,1-3H3. The molecule has 2 saturated carbocycles. The Morgan fingerprint density at radius 2 is 1.83 bits per heavy atom. The highest BCUT2D eigenvalue weighted by Gasteiger charge is 2.51. The maximum absolute atomic E-state index is 12.9. The van der Waals surface area contributed by atoms with Gasteiger partial charge in [-0.15, -0.1) is 12.6 Å². The third-order valence-electron chi connectivity index (χ3n) is 7.80. The second-order valence-corrected chi connectivity index (χ2v) is 9.74. The molecule has 0 aliphatic heterocycles. The van der Waals surface area contributed by atoms with Gasteiger partial charge in [-0.05, 0) is 94.8 Å². The Hall–Kier alpha value is -2.00. The summed E-state index contributed by atoms with van der Waals surface area (Å²) in [4.78, 5) is 13.9. The van der Waals surface area contributed by atoms with E-state index < -0.39 is 0 Å². The van der Waals surface area contributed by atoms with Crippen LogP contribution in [0, 0.1) is 29.6 Å². The van der Waals surface area contributed by atoms with Crippen LogP contribution < -0.4 is 0 Å². The van der Waals surface area contributed by atoms with Crippen molar-refractivity contribution in [2.24, 2.45) is 29.6 Å². The number of carbonyl (C=O) groups excluding carboxylic acids is 1. The van der Waals surface area contributed by atoms with E-state index in [1.807, 2.05) is 19.1 Å². The van der Waals surface area contributed by atoms with E-state index in [0.29, 0.717) is 17.8 Å². The zero-order valence-corrected chi connectivity index (χ0v) is 18.2. The van der Waals surface area contributed by atoms with Gasteiger partial charge in [-0.3, -0.25) is 4.79 Å². The largest absolute Gasteiger partial charge is 0.458 e. The summed E-state index contributed by atoms with van der Waals surface area (Å²) in [5, 5.41) is 4.68. The van der Waals surface area contributed by atoms with Gasteiger partial charge in [-0.25, -0.2) is 0 Å². The average molecular weight is 405 g/mol. The Balaban J connectivity index is 1.38. The Morgan fingerprint density at radius 1 is 1.00 bits per heavy atom. The van der Waals surface area contributed by atoms with Crippen molar-refractivity contribution in [1.29, 1.82) is 0 Å². The molecule has 2 aliphatic carbocycles. The monoisotopic (exact) mass is 404 g/mol. The fourth-order valence-corrected chi connectivity index (χ4v) is 6.10. The minimum absolute atomic E-state index is 0.00000264. The molecule has 2 nitrogen and oxygen atoms in total. The summed E-state index contributed by atoms with van der Waals surface area (Å²) in [6.45, 7) is 6.64. The SMILES string of the molecule is CC(OC(=O)C1CC2CC1C(C)C2C)c1ccc2cc3cccc(S)c3cc2c1. The van der Waals surface area contributed by atoms with Gasteiger partial charge < -0.3 is 4.74 Å². The quantitative estimate of drug-likeness (QED) is 0.295. The van der Waals surface area contributed by atoms with E-state index in [9.17, 15) is 4.79 Å². The van der Waals surface area contributed by atoms with Gasteiger partial charge in [0.05, 0.1) is 5.92 Å². The van der Waals surface area contributed by atoms with Crippen molar-refractivity contribution in [3.63, 3.8) is 0 Å². The van der Waals surface area contributed by atoms with Crippen LogP contribution in [-0.4, -0.2) is 5.97 Å². The van der Waals surface area contributed by atoms with Gasteiger partial charge in [0.1, 0.15) is 6.10 Å². The van der Waals surface area contributed by atoms with Crippen LogP contribution in [0.15, 0.2) is 53.4 Å². The van der Waals surface area contributed by atoms with Gasteiger partial charge in [0.15, 0.2) is 0 Å². The molecule has 0 radical (unpaired) electrons. The predicted molar refractivity (Wildman–Crippen MR) is 121 cm³/mol. The molecule has 150 valence electrons. The Kier molecular flexibility index (Phi) is 4.62. The molecule has 2 fully saturated rings. The number of fused-ring (bicyclic) bond motifs is 4. The molecule has 0 amide bonds. The summed E-state index contributed by atoms with van der Waals surface area (Å²) in [5.74, 6) is 2.67. The number of hydrogen-bond acceptors (Lipinski definition) is 3. The van der Waals surface area contributed by atoms with Crippen LogP contribution in [0.5, 0.6) is 0 Å². The summed E-state index contributed by atoms with van der Waals surface area (Å²) >= 11 is 4.60. The van der Waals surface area contributed by atoms with Gasteiger partial charge in [-0.2, -0.15) is 0 Å². The van der Waals surface area contributed by atoms with E-state index in [1.54, 1.807) is 0 Å². The second kappa shape index (κ2) is 7.05. The topological polar surface area (TPSA) is 26.3 Å². The van der Waals surface area contributed by atoms with Crippen molar-refractivity contribution in [3.05, 3.63) is 54.1 Å². The van der Waals surface area contributed by atoms with E-state index in [4.69, 9.17) is 4.74 Å². The zero-order chi connectivity index (χ0) is 20.3. The highest BCUT2D eigenvalue weighted by atomic mass is 32.1. The van der Waals surface area contributed by atoms with Crippen molar-refractivity contribution in [3.8, 4) is 0 Å². The van der Waals surface area contributed by atoms with Gasteiger partial charge in [0.2, 0.25) is 0 Å². The van der Waals surface area contributed by atoms with Crippen LogP contribution >= 0.6 is 12.6 Å². The smallest absolute Gasteiger partial charge is 0.309 e. The minimum atomic E-state index is -0.235. The summed E-state index contributed by atoms with van der Waals surface area (Å²) in [6.07, 6.45) is 1.97. The van der Waals surface area contributed by atoms with Crippen molar-refractivity contribution in [2.45, 2.75) is 44.6 Å². The molecule has 0 N–H and O–H groups in total. The van der Waals surface area contributed by atoms with Gasteiger partial charge >= 0.3 is 5.97 Å². The molecule has 29 heavy (non-hydrogen) atoms. The molecule has 0 aromatic heterocycles. The van der Waals surface area contributed by atoms with Crippen molar-refractivity contribution in [1.82, 2.24) is 0 Å². The number of esters is 1. The number of thiol groups is 1. The number of carbonyl (C=O) groups is 1. The molecule has 2 bridgehead atoms. The molecule has 0 spiro atoms. The van der Waals surface area contributed by atoms with Crippen LogP contribution in [-0.2, 0) is 9.53 Å². The van der Waals surface area contributed by atoms with E-state index in [-0.39, 0.29) is 18.0 Å². The number of rotatable bonds is 3. The molecule has 3 heteroatoms. The first-order valence-electron chi connectivity index (χ1n) is 10.8. The summed E-state index contributed by atoms with van der Waals surface area (Å²) in [7, 11) is 0. The van der Waals surface area contributed by atoms with Crippen LogP contribution in [0.4, 0.5) is 0 Å². The lowest BCUT2D eigenvalue weighted by molar-refractivity contribution is -0.156. The van der Waals surface area contributed by atoms with Crippen LogP contribution in [0.3, 0.4) is 0 Å². The molecule has 5 rings (SSSR count). The minimum Gasteiger partial charge on any atom is -0.458 e. The number of ether oxygens (including phenoxy) is 1. The lowest BCUT2D eigenvalue weighted by atomic mass is 9.76. The van der Waals surface area contributed by atoms with Gasteiger partial charge in [0, 0.05) is 4.90 Å². The Labute approximate surface area is 178 Å². The molecule has 6 atom stereocenters. The van der Waals surface area contributed by atoms with E-state index >= 15 is 0 Å². The highest BCUT2D eigenvalue weighted by Crippen LogP contribution is 2.55. The first-order chi connectivity index (χ1) is 13.9. The first-order valence-corrected chi connectivity index (χ1v) is 11.2. The normalized spacial score (nSPS) is 29.4. The second-order valence-electron chi connectivity index (χ2n) is 9.26. The first kappa shape index (κ1) is 19.0. The van der Waals surface area contributed by atoms with E-state index in [2.05, 4.69) is 62.9 Å². The predicted octanol–water partition coefficient (Wildman–Crippen LogP) is 6.81. The van der Waals surface area contributed by atoms with Crippen molar-refractivity contribution >= 4 is 40.1 Å².